The lowest BCUT2D eigenvalue weighted by molar-refractivity contribution is 0.0963. The second-order valence-electron chi connectivity index (χ2n) is 4.42. The molecule has 1 aromatic rings. The van der Waals surface area contributed by atoms with E-state index in [1.54, 1.807) is 6.92 Å². The predicted molar refractivity (Wildman–Crippen MR) is 82.1 cm³/mol. The van der Waals surface area contributed by atoms with Gasteiger partial charge in [0, 0.05) is 18.5 Å². The van der Waals surface area contributed by atoms with E-state index in [4.69, 9.17) is 23.2 Å². The standard InChI is InChI=1S/C12H16Cl2N2O3S/c1-8(6-13)7-20(18,19)16-11-5-9(12(17)15-2)3-4-10(11)14/h3-5,8,16H,6-7H2,1-2H3,(H,15,17). The summed E-state index contributed by atoms with van der Waals surface area (Å²) in [5.41, 5.74) is 0.495. The molecule has 0 heterocycles. The number of sulfonamides is 1. The summed E-state index contributed by atoms with van der Waals surface area (Å²) < 4.78 is 26.3. The second-order valence-corrected chi connectivity index (χ2v) is 6.90. The molecular weight excluding hydrogens is 323 g/mol. The molecule has 20 heavy (non-hydrogen) atoms. The Morgan fingerprint density at radius 2 is 2.05 bits per heavy atom. The number of amides is 1. The first-order valence-corrected chi connectivity index (χ1v) is 8.43. The molecule has 0 aliphatic heterocycles. The van der Waals surface area contributed by atoms with Crippen LogP contribution in [0.1, 0.15) is 17.3 Å². The van der Waals surface area contributed by atoms with Crippen molar-refractivity contribution in [2.75, 3.05) is 23.4 Å². The summed E-state index contributed by atoms with van der Waals surface area (Å²) in [5.74, 6) is -0.379. The molecule has 0 fully saturated rings. The summed E-state index contributed by atoms with van der Waals surface area (Å²) in [6, 6.07) is 4.37. The van der Waals surface area contributed by atoms with Crippen LogP contribution in [-0.2, 0) is 10.0 Å². The number of hydrogen-bond donors (Lipinski definition) is 2. The molecule has 2 N–H and O–H groups in total. The van der Waals surface area contributed by atoms with Gasteiger partial charge in [-0.05, 0) is 24.1 Å². The summed E-state index contributed by atoms with van der Waals surface area (Å²) in [4.78, 5) is 11.5. The van der Waals surface area contributed by atoms with Crippen molar-refractivity contribution in [2.45, 2.75) is 6.92 Å². The van der Waals surface area contributed by atoms with Crippen molar-refractivity contribution in [3.63, 3.8) is 0 Å². The minimum atomic E-state index is -3.57. The molecule has 0 saturated heterocycles. The molecule has 112 valence electrons. The lowest BCUT2D eigenvalue weighted by Gasteiger charge is -2.13. The number of alkyl halides is 1. The minimum Gasteiger partial charge on any atom is -0.355 e. The van der Waals surface area contributed by atoms with Crippen LogP contribution in [0.5, 0.6) is 0 Å². The van der Waals surface area contributed by atoms with Gasteiger partial charge in [0.05, 0.1) is 16.5 Å². The average molecular weight is 339 g/mol. The molecule has 0 spiro atoms. The Kier molecular flexibility index (Phi) is 6.10. The van der Waals surface area contributed by atoms with Gasteiger partial charge in [-0.15, -0.1) is 11.6 Å². The van der Waals surface area contributed by atoms with Gasteiger partial charge in [-0.3, -0.25) is 9.52 Å². The SMILES string of the molecule is CNC(=O)c1ccc(Cl)c(NS(=O)(=O)CC(C)CCl)c1. The molecule has 0 aliphatic carbocycles. The van der Waals surface area contributed by atoms with Crippen LogP contribution in [0.15, 0.2) is 18.2 Å². The fourth-order valence-corrected chi connectivity index (χ4v) is 3.43. The van der Waals surface area contributed by atoms with Gasteiger partial charge in [0.2, 0.25) is 10.0 Å². The molecule has 0 saturated carbocycles. The molecule has 1 rings (SSSR count). The van der Waals surface area contributed by atoms with E-state index in [0.717, 1.165) is 0 Å². The van der Waals surface area contributed by atoms with Crippen LogP contribution in [0.25, 0.3) is 0 Å². The molecule has 0 bridgehead atoms. The van der Waals surface area contributed by atoms with Gasteiger partial charge >= 0.3 is 0 Å². The van der Waals surface area contributed by atoms with Gasteiger partial charge < -0.3 is 5.32 Å². The third kappa shape index (κ3) is 4.85. The first-order chi connectivity index (χ1) is 9.29. The lowest BCUT2D eigenvalue weighted by Crippen LogP contribution is -2.23. The zero-order chi connectivity index (χ0) is 15.3. The highest BCUT2D eigenvalue weighted by atomic mass is 35.5. The third-order valence-corrected chi connectivity index (χ3v) is 4.88. The van der Waals surface area contributed by atoms with Crippen molar-refractivity contribution in [3.05, 3.63) is 28.8 Å². The number of benzene rings is 1. The van der Waals surface area contributed by atoms with E-state index in [1.165, 1.54) is 25.2 Å². The number of carbonyl (C=O) groups is 1. The molecule has 0 aliphatic rings. The average Bonchev–Trinajstić information content (AvgIpc) is 2.39. The van der Waals surface area contributed by atoms with Crippen LogP contribution in [0.4, 0.5) is 5.69 Å². The maximum Gasteiger partial charge on any atom is 0.251 e. The molecule has 5 nitrogen and oxygen atoms in total. The zero-order valence-corrected chi connectivity index (χ0v) is 13.4. The highest BCUT2D eigenvalue weighted by Crippen LogP contribution is 2.24. The van der Waals surface area contributed by atoms with E-state index < -0.39 is 10.0 Å². The fraction of sp³-hybridized carbons (Fsp3) is 0.417. The molecule has 1 atom stereocenters. The van der Waals surface area contributed by atoms with E-state index in [2.05, 4.69) is 10.0 Å². The molecular formula is C12H16Cl2N2O3S. The number of hydrogen-bond acceptors (Lipinski definition) is 3. The molecule has 0 aromatic heterocycles. The van der Waals surface area contributed by atoms with Gasteiger partial charge in [0.1, 0.15) is 0 Å². The maximum absolute atomic E-state index is 11.9. The largest absolute Gasteiger partial charge is 0.355 e. The smallest absolute Gasteiger partial charge is 0.251 e. The molecule has 1 unspecified atom stereocenters. The van der Waals surface area contributed by atoms with Crippen LogP contribution in [0.2, 0.25) is 5.02 Å². The molecule has 0 radical (unpaired) electrons. The fourth-order valence-electron chi connectivity index (χ4n) is 1.52. The summed E-state index contributed by atoms with van der Waals surface area (Å²) >= 11 is 11.5. The third-order valence-electron chi connectivity index (χ3n) is 2.49. The normalized spacial score (nSPS) is 12.8. The van der Waals surface area contributed by atoms with Crippen LogP contribution in [-0.4, -0.2) is 33.0 Å². The monoisotopic (exact) mass is 338 g/mol. The Bertz CT molecular complexity index is 590. The van der Waals surface area contributed by atoms with Gasteiger partial charge in [0.25, 0.3) is 5.91 Å². The lowest BCUT2D eigenvalue weighted by atomic mass is 10.2. The van der Waals surface area contributed by atoms with Crippen LogP contribution < -0.4 is 10.0 Å². The molecule has 1 amide bonds. The number of halogens is 2. The first-order valence-electron chi connectivity index (χ1n) is 5.87. The van der Waals surface area contributed by atoms with Crippen LogP contribution in [0, 0.1) is 5.92 Å². The highest BCUT2D eigenvalue weighted by molar-refractivity contribution is 7.92. The quantitative estimate of drug-likeness (QED) is 0.781. The van der Waals surface area contributed by atoms with Crippen molar-refractivity contribution < 1.29 is 13.2 Å². The van der Waals surface area contributed by atoms with E-state index in [9.17, 15) is 13.2 Å². The predicted octanol–water partition coefficient (Wildman–Crippen LogP) is 2.32. The van der Waals surface area contributed by atoms with Gasteiger partial charge in [-0.25, -0.2) is 8.42 Å². The number of rotatable bonds is 6. The van der Waals surface area contributed by atoms with E-state index in [-0.39, 0.29) is 34.2 Å². The van der Waals surface area contributed by atoms with Crippen molar-refractivity contribution in [2.24, 2.45) is 5.92 Å². The Hall–Kier alpha value is -0.980. The first kappa shape index (κ1) is 17.1. The Labute approximate surface area is 128 Å². The van der Waals surface area contributed by atoms with Crippen LogP contribution >= 0.6 is 23.2 Å². The number of carbonyl (C=O) groups excluding carboxylic acids is 1. The van der Waals surface area contributed by atoms with Gasteiger partial charge in [-0.2, -0.15) is 0 Å². The van der Waals surface area contributed by atoms with Gasteiger partial charge in [-0.1, -0.05) is 18.5 Å². The molecule has 1 aromatic carbocycles. The topological polar surface area (TPSA) is 75.3 Å². The highest BCUT2D eigenvalue weighted by Gasteiger charge is 2.17. The number of nitrogens with one attached hydrogen (secondary N) is 2. The second kappa shape index (κ2) is 7.15. The van der Waals surface area contributed by atoms with E-state index in [0.29, 0.717) is 5.56 Å². The zero-order valence-electron chi connectivity index (χ0n) is 11.1. The summed E-state index contributed by atoms with van der Waals surface area (Å²) in [5, 5.41) is 2.68. The summed E-state index contributed by atoms with van der Waals surface area (Å²) in [7, 11) is -2.08. The van der Waals surface area contributed by atoms with Crippen molar-refractivity contribution in [1.82, 2.24) is 5.32 Å². The van der Waals surface area contributed by atoms with Crippen LogP contribution in [0.3, 0.4) is 0 Å². The molecule has 8 heteroatoms. The van der Waals surface area contributed by atoms with Crippen molar-refractivity contribution in [1.29, 1.82) is 0 Å². The van der Waals surface area contributed by atoms with Crippen molar-refractivity contribution in [3.8, 4) is 0 Å². The van der Waals surface area contributed by atoms with Gasteiger partial charge in [0.15, 0.2) is 0 Å². The Morgan fingerprint density at radius 1 is 1.40 bits per heavy atom. The maximum atomic E-state index is 11.9. The summed E-state index contributed by atoms with van der Waals surface area (Å²) in [6.45, 7) is 1.73. The minimum absolute atomic E-state index is 0.114. The summed E-state index contributed by atoms with van der Waals surface area (Å²) in [6.07, 6.45) is 0. The van der Waals surface area contributed by atoms with E-state index in [1.807, 2.05) is 0 Å². The van der Waals surface area contributed by atoms with E-state index >= 15 is 0 Å². The van der Waals surface area contributed by atoms with Crippen molar-refractivity contribution >= 4 is 44.8 Å². The Balaban J connectivity index is 2.99. The number of anilines is 1. The Morgan fingerprint density at radius 3 is 2.60 bits per heavy atom.